The van der Waals surface area contributed by atoms with E-state index in [2.05, 4.69) is 14.5 Å². The van der Waals surface area contributed by atoms with Gasteiger partial charge in [-0.2, -0.15) is 0 Å². The lowest BCUT2D eigenvalue weighted by Crippen LogP contribution is -2.29. The van der Waals surface area contributed by atoms with Crippen molar-refractivity contribution in [1.29, 1.82) is 0 Å². The molecule has 0 aromatic carbocycles. The Morgan fingerprint density at radius 1 is 1.36 bits per heavy atom. The monoisotopic (exact) mass is 316 g/mol. The van der Waals surface area contributed by atoms with E-state index in [1.54, 1.807) is 11.3 Å². The number of thiazole rings is 1. The number of aryl methyl sites for hydroxylation is 2. The molecule has 2 aromatic rings. The normalized spacial score (nSPS) is 21.1. The van der Waals surface area contributed by atoms with Crippen LogP contribution in [0, 0.1) is 5.92 Å². The largest absolute Gasteiger partial charge is 0.337 e. The van der Waals surface area contributed by atoms with Gasteiger partial charge in [0.2, 0.25) is 0 Å². The third kappa shape index (κ3) is 2.67. The minimum atomic E-state index is 0.100. The zero-order valence-corrected chi connectivity index (χ0v) is 13.4. The molecule has 0 radical (unpaired) electrons. The summed E-state index contributed by atoms with van der Waals surface area (Å²) < 4.78 is 2.15. The smallest absolute Gasteiger partial charge is 0.274 e. The highest BCUT2D eigenvalue weighted by Crippen LogP contribution is 2.24. The number of amides is 1. The maximum Gasteiger partial charge on any atom is 0.274 e. The van der Waals surface area contributed by atoms with Crippen molar-refractivity contribution in [2.24, 2.45) is 5.92 Å². The zero-order chi connectivity index (χ0) is 14.9. The SMILES string of the molecule is O=C(c1cn2c(n1)CCCC2)N1CCC(Cc2nccs2)C1. The van der Waals surface area contributed by atoms with Crippen LogP contribution in [0.2, 0.25) is 0 Å². The Labute approximate surface area is 134 Å². The second kappa shape index (κ2) is 5.83. The molecule has 0 N–H and O–H groups in total. The number of carbonyl (C=O) groups is 1. The molecule has 0 aliphatic carbocycles. The van der Waals surface area contributed by atoms with Gasteiger partial charge >= 0.3 is 0 Å². The molecule has 4 rings (SSSR count). The first-order valence-corrected chi connectivity index (χ1v) is 8.91. The Bertz CT molecular complexity index is 640. The maximum atomic E-state index is 12.6. The Morgan fingerprint density at radius 3 is 3.14 bits per heavy atom. The lowest BCUT2D eigenvalue weighted by atomic mass is 10.1. The van der Waals surface area contributed by atoms with Crippen molar-refractivity contribution in [2.75, 3.05) is 13.1 Å². The molecule has 116 valence electrons. The summed E-state index contributed by atoms with van der Waals surface area (Å²) in [4.78, 5) is 23.5. The van der Waals surface area contributed by atoms with Crippen LogP contribution in [0.5, 0.6) is 0 Å². The fourth-order valence-corrected chi connectivity index (χ4v) is 4.19. The molecule has 1 amide bonds. The van der Waals surface area contributed by atoms with Crippen molar-refractivity contribution in [3.05, 3.63) is 34.3 Å². The van der Waals surface area contributed by atoms with Gasteiger partial charge in [-0.05, 0) is 25.2 Å². The lowest BCUT2D eigenvalue weighted by molar-refractivity contribution is 0.0781. The van der Waals surface area contributed by atoms with E-state index in [4.69, 9.17) is 0 Å². The number of imidazole rings is 1. The fourth-order valence-electron chi connectivity index (χ4n) is 3.46. The second-order valence-corrected chi connectivity index (χ2v) is 7.21. The Kier molecular flexibility index (Phi) is 3.70. The summed E-state index contributed by atoms with van der Waals surface area (Å²) in [5.74, 6) is 1.71. The van der Waals surface area contributed by atoms with E-state index in [1.807, 2.05) is 22.7 Å². The highest BCUT2D eigenvalue weighted by Gasteiger charge is 2.29. The number of carbonyl (C=O) groups excluding carboxylic acids is 1. The number of hydrogen-bond donors (Lipinski definition) is 0. The molecular weight excluding hydrogens is 296 g/mol. The number of aromatic nitrogens is 3. The van der Waals surface area contributed by atoms with Gasteiger partial charge in [0.25, 0.3) is 5.91 Å². The zero-order valence-electron chi connectivity index (χ0n) is 12.6. The van der Waals surface area contributed by atoms with Crippen molar-refractivity contribution < 1.29 is 4.79 Å². The number of fused-ring (bicyclic) bond motifs is 1. The van der Waals surface area contributed by atoms with Gasteiger partial charge in [-0.1, -0.05) is 0 Å². The summed E-state index contributed by atoms with van der Waals surface area (Å²) in [6.07, 6.45) is 9.24. The molecule has 2 aliphatic rings. The standard InChI is InChI=1S/C16H20N4OS/c21-16(13-11-19-6-2-1-3-14(19)18-13)20-7-4-12(10-20)9-15-17-5-8-22-15/h5,8,11-12H,1-4,6-7,9-10H2. The first-order chi connectivity index (χ1) is 10.8. The van der Waals surface area contributed by atoms with Gasteiger partial charge in [-0.15, -0.1) is 11.3 Å². The third-order valence-electron chi connectivity index (χ3n) is 4.65. The van der Waals surface area contributed by atoms with Gasteiger partial charge < -0.3 is 9.47 Å². The molecule has 5 nitrogen and oxygen atoms in total. The minimum absolute atomic E-state index is 0.100. The maximum absolute atomic E-state index is 12.6. The van der Waals surface area contributed by atoms with E-state index in [9.17, 15) is 4.79 Å². The van der Waals surface area contributed by atoms with Crippen LogP contribution in [0.4, 0.5) is 0 Å². The average Bonchev–Trinajstić information content (AvgIpc) is 3.27. The van der Waals surface area contributed by atoms with Crippen molar-refractivity contribution in [1.82, 2.24) is 19.4 Å². The molecule has 0 saturated carbocycles. The van der Waals surface area contributed by atoms with E-state index in [0.29, 0.717) is 11.6 Å². The molecule has 2 aliphatic heterocycles. The van der Waals surface area contributed by atoms with Crippen molar-refractivity contribution in [3.63, 3.8) is 0 Å². The third-order valence-corrected chi connectivity index (χ3v) is 5.45. The first kappa shape index (κ1) is 13.9. The summed E-state index contributed by atoms with van der Waals surface area (Å²) in [6, 6.07) is 0. The molecule has 1 saturated heterocycles. The molecule has 0 bridgehead atoms. The molecule has 2 aromatic heterocycles. The van der Waals surface area contributed by atoms with Crippen LogP contribution in [0.3, 0.4) is 0 Å². The average molecular weight is 316 g/mol. The van der Waals surface area contributed by atoms with Crippen LogP contribution in [0.15, 0.2) is 17.8 Å². The van der Waals surface area contributed by atoms with Crippen LogP contribution in [-0.4, -0.2) is 38.4 Å². The summed E-state index contributed by atoms with van der Waals surface area (Å²) in [6.45, 7) is 2.68. The van der Waals surface area contributed by atoms with Gasteiger partial charge in [0.05, 0.1) is 5.01 Å². The van der Waals surface area contributed by atoms with Crippen molar-refractivity contribution in [3.8, 4) is 0 Å². The molecule has 1 unspecified atom stereocenters. The topological polar surface area (TPSA) is 51.0 Å². The number of rotatable bonds is 3. The van der Waals surface area contributed by atoms with Gasteiger partial charge in [-0.25, -0.2) is 9.97 Å². The van der Waals surface area contributed by atoms with Crippen LogP contribution < -0.4 is 0 Å². The fraction of sp³-hybridized carbons (Fsp3) is 0.562. The van der Waals surface area contributed by atoms with Gasteiger partial charge in [-0.3, -0.25) is 4.79 Å². The summed E-state index contributed by atoms with van der Waals surface area (Å²) in [7, 11) is 0. The summed E-state index contributed by atoms with van der Waals surface area (Å²) >= 11 is 1.70. The van der Waals surface area contributed by atoms with Gasteiger partial charge in [0.15, 0.2) is 0 Å². The molecule has 22 heavy (non-hydrogen) atoms. The number of likely N-dealkylation sites (tertiary alicyclic amines) is 1. The first-order valence-electron chi connectivity index (χ1n) is 8.03. The van der Waals surface area contributed by atoms with E-state index in [-0.39, 0.29) is 5.91 Å². The van der Waals surface area contributed by atoms with Crippen LogP contribution in [0.25, 0.3) is 0 Å². The van der Waals surface area contributed by atoms with Crippen LogP contribution in [0.1, 0.15) is 40.6 Å². The van der Waals surface area contributed by atoms with Crippen LogP contribution >= 0.6 is 11.3 Å². The predicted octanol–water partition coefficient (Wildman–Crippen LogP) is 2.38. The Balaban J connectivity index is 1.42. The van der Waals surface area contributed by atoms with E-state index in [0.717, 1.165) is 44.7 Å². The van der Waals surface area contributed by atoms with Crippen molar-refractivity contribution in [2.45, 2.75) is 38.6 Å². The summed E-state index contributed by atoms with van der Waals surface area (Å²) in [5, 5.41) is 3.19. The molecular formula is C16H20N4OS. The van der Waals surface area contributed by atoms with Gasteiger partial charge in [0, 0.05) is 50.2 Å². The van der Waals surface area contributed by atoms with Crippen LogP contribution in [-0.2, 0) is 19.4 Å². The Hall–Kier alpha value is -1.69. The predicted molar refractivity (Wildman–Crippen MR) is 85.0 cm³/mol. The molecule has 4 heterocycles. The molecule has 0 spiro atoms. The summed E-state index contributed by atoms with van der Waals surface area (Å²) in [5.41, 5.74) is 0.631. The van der Waals surface area contributed by atoms with E-state index in [1.165, 1.54) is 17.8 Å². The van der Waals surface area contributed by atoms with E-state index >= 15 is 0 Å². The molecule has 1 fully saturated rings. The highest BCUT2D eigenvalue weighted by molar-refractivity contribution is 7.09. The van der Waals surface area contributed by atoms with Gasteiger partial charge in [0.1, 0.15) is 11.5 Å². The van der Waals surface area contributed by atoms with Crippen molar-refractivity contribution >= 4 is 17.2 Å². The highest BCUT2D eigenvalue weighted by atomic mass is 32.1. The Morgan fingerprint density at radius 2 is 2.32 bits per heavy atom. The number of hydrogen-bond acceptors (Lipinski definition) is 4. The number of nitrogens with zero attached hydrogens (tertiary/aromatic N) is 4. The minimum Gasteiger partial charge on any atom is -0.337 e. The van der Waals surface area contributed by atoms with E-state index < -0.39 is 0 Å². The molecule has 6 heteroatoms. The quantitative estimate of drug-likeness (QED) is 0.873. The molecule has 1 atom stereocenters. The lowest BCUT2D eigenvalue weighted by Gasteiger charge is -2.14. The second-order valence-electron chi connectivity index (χ2n) is 6.23.